The summed E-state index contributed by atoms with van der Waals surface area (Å²) in [5, 5.41) is 0.693. The van der Waals surface area contributed by atoms with E-state index in [1.807, 2.05) is 41.6 Å². The minimum atomic E-state index is 0.0196. The summed E-state index contributed by atoms with van der Waals surface area (Å²) >= 11 is 7.53. The Hall–Kier alpha value is -1.52. The van der Waals surface area contributed by atoms with Gasteiger partial charge in [-0.3, -0.25) is 9.69 Å². The van der Waals surface area contributed by atoms with Gasteiger partial charge in [0.05, 0.1) is 5.75 Å². The predicted molar refractivity (Wildman–Crippen MR) is 77.1 cm³/mol. The molecule has 0 saturated carbocycles. The molecule has 0 radical (unpaired) electrons. The van der Waals surface area contributed by atoms with Crippen molar-refractivity contribution < 1.29 is 9.78 Å². The van der Waals surface area contributed by atoms with Crippen molar-refractivity contribution in [2.45, 2.75) is 5.37 Å². The fourth-order valence-corrected chi connectivity index (χ4v) is 3.41. The Bertz CT molecular complexity index is 588. The number of carbonyl (C=O) groups is 1. The Morgan fingerprint density at radius 2 is 2.05 bits per heavy atom. The Labute approximate surface area is 120 Å². The first-order valence-corrected chi connectivity index (χ1v) is 7.33. The van der Waals surface area contributed by atoms with Crippen molar-refractivity contribution >= 4 is 35.0 Å². The van der Waals surface area contributed by atoms with Gasteiger partial charge in [-0.25, -0.2) is 4.98 Å². The molecule has 19 heavy (non-hydrogen) atoms. The van der Waals surface area contributed by atoms with Crippen LogP contribution in [0.4, 0.5) is 5.69 Å². The highest BCUT2D eigenvalue weighted by Gasteiger charge is 2.34. The van der Waals surface area contributed by atoms with Gasteiger partial charge in [0.1, 0.15) is 5.37 Å². The van der Waals surface area contributed by atoms with Crippen LogP contribution >= 0.6 is 23.4 Å². The van der Waals surface area contributed by atoms with Gasteiger partial charge in [0, 0.05) is 22.3 Å². The van der Waals surface area contributed by atoms with Crippen LogP contribution < -0.4 is 9.88 Å². The third-order valence-corrected chi connectivity index (χ3v) is 4.45. The highest BCUT2D eigenvalue weighted by molar-refractivity contribution is 8.00. The molecule has 1 amide bonds. The summed E-state index contributed by atoms with van der Waals surface area (Å²) in [7, 11) is 0. The summed E-state index contributed by atoms with van der Waals surface area (Å²) < 4.78 is 0. The highest BCUT2D eigenvalue weighted by Crippen LogP contribution is 2.41. The van der Waals surface area contributed by atoms with Gasteiger partial charge in [-0.15, -0.1) is 11.8 Å². The number of carbonyl (C=O) groups excluding carboxylic acids is 1. The van der Waals surface area contributed by atoms with Crippen LogP contribution in [0.25, 0.3) is 0 Å². The van der Waals surface area contributed by atoms with Gasteiger partial charge in [0.25, 0.3) is 0 Å². The Morgan fingerprint density at radius 1 is 1.26 bits per heavy atom. The molecule has 3 nitrogen and oxygen atoms in total. The zero-order valence-electron chi connectivity index (χ0n) is 10.0. The van der Waals surface area contributed by atoms with Crippen molar-refractivity contribution in [3.05, 3.63) is 59.4 Å². The van der Waals surface area contributed by atoms with E-state index in [4.69, 9.17) is 11.6 Å². The van der Waals surface area contributed by atoms with Crippen LogP contribution in [0.1, 0.15) is 10.9 Å². The molecule has 96 valence electrons. The van der Waals surface area contributed by atoms with Gasteiger partial charge in [-0.1, -0.05) is 11.6 Å². The number of amides is 1. The van der Waals surface area contributed by atoms with E-state index in [0.29, 0.717) is 10.8 Å². The van der Waals surface area contributed by atoms with Crippen molar-refractivity contribution in [2.24, 2.45) is 0 Å². The lowest BCUT2D eigenvalue weighted by Crippen LogP contribution is -2.28. The van der Waals surface area contributed by atoms with E-state index >= 15 is 0 Å². The Balaban J connectivity index is 1.97. The molecule has 1 N–H and O–H groups in total. The summed E-state index contributed by atoms with van der Waals surface area (Å²) in [4.78, 5) is 17.0. The zero-order valence-corrected chi connectivity index (χ0v) is 11.6. The molecular weight excluding hydrogens is 280 g/mol. The second kappa shape index (κ2) is 5.23. The number of rotatable bonds is 2. The van der Waals surface area contributed by atoms with Crippen molar-refractivity contribution in [1.29, 1.82) is 0 Å². The molecule has 2 heterocycles. The van der Waals surface area contributed by atoms with Crippen LogP contribution in [0, 0.1) is 0 Å². The third-order valence-electron chi connectivity index (χ3n) is 2.99. The molecular formula is C14H12ClN2OS+. The number of nitrogens with one attached hydrogen (secondary N) is 1. The minimum absolute atomic E-state index is 0.0196. The van der Waals surface area contributed by atoms with E-state index in [9.17, 15) is 4.79 Å². The number of pyridine rings is 1. The number of aromatic amines is 1. The molecule has 5 heteroatoms. The van der Waals surface area contributed by atoms with Crippen LogP contribution in [0.15, 0.2) is 48.8 Å². The number of nitrogens with zero attached hydrogens (tertiary/aromatic N) is 1. The normalized spacial score (nSPS) is 18.9. The lowest BCUT2D eigenvalue weighted by Gasteiger charge is -2.23. The molecule has 3 rings (SSSR count). The van der Waals surface area contributed by atoms with Gasteiger partial charge >= 0.3 is 0 Å². The summed E-state index contributed by atoms with van der Waals surface area (Å²) in [5.74, 6) is 0.628. The first-order chi connectivity index (χ1) is 9.25. The van der Waals surface area contributed by atoms with E-state index in [0.717, 1.165) is 11.3 Å². The van der Waals surface area contributed by atoms with E-state index in [2.05, 4.69) is 4.98 Å². The number of H-pyrrole nitrogens is 1. The fraction of sp³-hybridized carbons (Fsp3) is 0.143. The SMILES string of the molecule is O=C1CSC(c2ccc[nH+]c2)N1c1ccc(Cl)cc1. The molecule has 0 aliphatic carbocycles. The number of halogens is 1. The lowest BCUT2D eigenvalue weighted by atomic mass is 10.2. The average Bonchev–Trinajstić information content (AvgIpc) is 2.83. The lowest BCUT2D eigenvalue weighted by molar-refractivity contribution is -0.378. The largest absolute Gasteiger partial charge is 0.295 e. The van der Waals surface area contributed by atoms with Gasteiger partial charge in [0.15, 0.2) is 12.4 Å². The number of benzene rings is 1. The number of hydrogen-bond acceptors (Lipinski definition) is 2. The van der Waals surface area contributed by atoms with Gasteiger partial charge in [-0.05, 0) is 30.3 Å². The number of hydrogen-bond donors (Lipinski definition) is 0. The molecule has 1 aliphatic rings. The van der Waals surface area contributed by atoms with Crippen LogP contribution in [-0.4, -0.2) is 11.7 Å². The summed E-state index contributed by atoms with van der Waals surface area (Å²) in [6, 6.07) is 11.3. The van der Waals surface area contributed by atoms with Crippen LogP contribution in [0.2, 0.25) is 5.02 Å². The number of thioether (sulfide) groups is 1. The average molecular weight is 292 g/mol. The molecule has 1 fully saturated rings. The maximum atomic E-state index is 12.1. The molecule has 1 saturated heterocycles. The molecule has 1 aromatic heterocycles. The summed E-state index contributed by atoms with van der Waals surface area (Å²) in [6.45, 7) is 0. The monoisotopic (exact) mass is 291 g/mol. The molecule has 1 aromatic carbocycles. The van der Waals surface area contributed by atoms with Crippen LogP contribution in [0.3, 0.4) is 0 Å². The topological polar surface area (TPSA) is 34.5 Å². The molecule has 2 aromatic rings. The smallest absolute Gasteiger partial charge is 0.238 e. The summed E-state index contributed by atoms with van der Waals surface area (Å²) in [5.41, 5.74) is 1.97. The number of aromatic nitrogens is 1. The maximum Gasteiger partial charge on any atom is 0.238 e. The minimum Gasteiger partial charge on any atom is -0.295 e. The molecule has 0 spiro atoms. The first-order valence-electron chi connectivity index (χ1n) is 5.91. The van der Waals surface area contributed by atoms with Crippen LogP contribution in [-0.2, 0) is 4.79 Å². The fourth-order valence-electron chi connectivity index (χ4n) is 2.11. The van der Waals surface area contributed by atoms with Gasteiger partial charge < -0.3 is 0 Å². The summed E-state index contributed by atoms with van der Waals surface area (Å²) in [6.07, 6.45) is 3.79. The van der Waals surface area contributed by atoms with E-state index in [1.165, 1.54) is 0 Å². The first kappa shape index (κ1) is 12.5. The standard InChI is InChI=1S/C14H11ClN2OS/c15-11-3-5-12(6-4-11)17-13(18)9-19-14(17)10-2-1-7-16-8-10/h1-8,14H,9H2/p+1. The maximum absolute atomic E-state index is 12.1. The Morgan fingerprint density at radius 3 is 2.74 bits per heavy atom. The number of anilines is 1. The second-order valence-corrected chi connectivity index (χ2v) is 5.75. The van der Waals surface area contributed by atoms with Gasteiger partial charge in [-0.2, -0.15) is 0 Å². The van der Waals surface area contributed by atoms with Crippen molar-refractivity contribution in [1.82, 2.24) is 0 Å². The Kier molecular flexibility index (Phi) is 3.44. The van der Waals surface area contributed by atoms with E-state index in [-0.39, 0.29) is 11.3 Å². The van der Waals surface area contributed by atoms with Crippen LogP contribution in [0.5, 0.6) is 0 Å². The molecule has 1 atom stereocenters. The molecule has 1 aliphatic heterocycles. The van der Waals surface area contributed by atoms with Crippen molar-refractivity contribution in [2.75, 3.05) is 10.7 Å². The van der Waals surface area contributed by atoms with Crippen molar-refractivity contribution in [3.63, 3.8) is 0 Å². The van der Waals surface area contributed by atoms with E-state index < -0.39 is 0 Å². The molecule has 1 unspecified atom stereocenters. The zero-order chi connectivity index (χ0) is 13.2. The predicted octanol–water partition coefficient (Wildman–Crippen LogP) is 2.93. The second-order valence-electron chi connectivity index (χ2n) is 4.24. The quantitative estimate of drug-likeness (QED) is 0.852. The van der Waals surface area contributed by atoms with Crippen molar-refractivity contribution in [3.8, 4) is 0 Å². The van der Waals surface area contributed by atoms with Gasteiger partial charge in [0.2, 0.25) is 5.91 Å². The molecule has 0 bridgehead atoms. The van der Waals surface area contributed by atoms with E-state index in [1.54, 1.807) is 23.9 Å². The highest BCUT2D eigenvalue weighted by atomic mass is 35.5. The third kappa shape index (κ3) is 2.46.